The summed E-state index contributed by atoms with van der Waals surface area (Å²) in [7, 11) is 0. The van der Waals surface area contributed by atoms with Gasteiger partial charge in [0.2, 0.25) is 0 Å². The van der Waals surface area contributed by atoms with Gasteiger partial charge in [0.05, 0.1) is 21.7 Å². The standard InChI is InChI=1S/C16H16ClN3/c1-3-15-19-13-9-11(18)7-8-14(13)20(15)16-10(2)5-4-6-12(16)17/h4-9H,3,18H2,1-2H3. The van der Waals surface area contributed by atoms with E-state index < -0.39 is 0 Å². The number of halogens is 1. The molecule has 0 saturated heterocycles. The quantitative estimate of drug-likeness (QED) is 0.720. The smallest absolute Gasteiger partial charge is 0.114 e. The van der Waals surface area contributed by atoms with Crippen molar-refractivity contribution in [1.29, 1.82) is 0 Å². The van der Waals surface area contributed by atoms with Crippen molar-refractivity contribution in [2.24, 2.45) is 0 Å². The largest absolute Gasteiger partial charge is 0.399 e. The average Bonchev–Trinajstić information content (AvgIpc) is 2.76. The van der Waals surface area contributed by atoms with E-state index in [1.54, 1.807) is 0 Å². The molecule has 0 fully saturated rings. The van der Waals surface area contributed by atoms with Crippen LogP contribution in [0.1, 0.15) is 18.3 Å². The fourth-order valence-corrected chi connectivity index (χ4v) is 2.85. The normalized spacial score (nSPS) is 11.2. The van der Waals surface area contributed by atoms with Gasteiger partial charge in [-0.15, -0.1) is 0 Å². The van der Waals surface area contributed by atoms with Crippen LogP contribution in [0, 0.1) is 6.92 Å². The number of aryl methyl sites for hydroxylation is 2. The minimum absolute atomic E-state index is 0.723. The van der Waals surface area contributed by atoms with E-state index in [4.69, 9.17) is 17.3 Å². The molecule has 0 radical (unpaired) electrons. The minimum Gasteiger partial charge on any atom is -0.399 e. The van der Waals surface area contributed by atoms with Crippen molar-refractivity contribution < 1.29 is 0 Å². The van der Waals surface area contributed by atoms with Gasteiger partial charge in [0, 0.05) is 12.1 Å². The number of aromatic nitrogens is 2. The molecule has 0 aliphatic rings. The van der Waals surface area contributed by atoms with E-state index >= 15 is 0 Å². The van der Waals surface area contributed by atoms with Crippen LogP contribution >= 0.6 is 11.6 Å². The summed E-state index contributed by atoms with van der Waals surface area (Å²) in [5, 5.41) is 0.732. The van der Waals surface area contributed by atoms with E-state index in [0.29, 0.717) is 0 Å². The number of benzene rings is 2. The second kappa shape index (κ2) is 4.84. The molecule has 3 aromatic rings. The van der Waals surface area contributed by atoms with Gasteiger partial charge < -0.3 is 5.73 Å². The van der Waals surface area contributed by atoms with Crippen molar-refractivity contribution in [3.05, 3.63) is 52.8 Å². The highest BCUT2D eigenvalue weighted by atomic mass is 35.5. The summed E-state index contributed by atoms with van der Waals surface area (Å²) >= 11 is 6.41. The number of hydrogen-bond donors (Lipinski definition) is 1. The lowest BCUT2D eigenvalue weighted by Gasteiger charge is -2.13. The van der Waals surface area contributed by atoms with E-state index in [1.165, 1.54) is 0 Å². The fraction of sp³-hybridized carbons (Fsp3) is 0.188. The summed E-state index contributed by atoms with van der Waals surface area (Å²) in [5.74, 6) is 0.988. The Bertz CT molecular complexity index is 770. The molecule has 1 aromatic heterocycles. The monoisotopic (exact) mass is 285 g/mol. The maximum absolute atomic E-state index is 6.41. The number of hydrogen-bond acceptors (Lipinski definition) is 2. The Balaban J connectivity index is 2.40. The highest BCUT2D eigenvalue weighted by Gasteiger charge is 2.15. The Morgan fingerprint density at radius 1 is 1.25 bits per heavy atom. The number of nitrogen functional groups attached to an aromatic ring is 1. The lowest BCUT2D eigenvalue weighted by molar-refractivity contribution is 0.903. The first-order chi connectivity index (χ1) is 9.61. The lowest BCUT2D eigenvalue weighted by atomic mass is 10.2. The molecule has 3 rings (SSSR count). The van der Waals surface area contributed by atoms with Crippen LogP contribution in [0.5, 0.6) is 0 Å². The summed E-state index contributed by atoms with van der Waals surface area (Å²) in [6.07, 6.45) is 0.833. The first-order valence-corrected chi connectivity index (χ1v) is 7.02. The zero-order chi connectivity index (χ0) is 14.3. The number of nitrogens with zero attached hydrogens (tertiary/aromatic N) is 2. The van der Waals surface area contributed by atoms with Crippen molar-refractivity contribution in [2.75, 3.05) is 5.73 Å². The summed E-state index contributed by atoms with van der Waals surface area (Å²) in [6, 6.07) is 11.7. The lowest BCUT2D eigenvalue weighted by Crippen LogP contribution is -2.03. The van der Waals surface area contributed by atoms with Crippen molar-refractivity contribution >= 4 is 28.3 Å². The van der Waals surface area contributed by atoms with Gasteiger partial charge in [-0.05, 0) is 36.8 Å². The Morgan fingerprint density at radius 3 is 2.75 bits per heavy atom. The van der Waals surface area contributed by atoms with Crippen molar-refractivity contribution in [1.82, 2.24) is 9.55 Å². The van der Waals surface area contributed by atoms with E-state index in [-0.39, 0.29) is 0 Å². The molecule has 4 heteroatoms. The van der Waals surface area contributed by atoms with Gasteiger partial charge in [0.15, 0.2) is 0 Å². The molecule has 2 N–H and O–H groups in total. The molecule has 0 unspecified atom stereocenters. The third kappa shape index (κ3) is 1.95. The predicted molar refractivity (Wildman–Crippen MR) is 84.6 cm³/mol. The van der Waals surface area contributed by atoms with Gasteiger partial charge >= 0.3 is 0 Å². The average molecular weight is 286 g/mol. The molecule has 0 aliphatic carbocycles. The van der Waals surface area contributed by atoms with Crippen molar-refractivity contribution in [2.45, 2.75) is 20.3 Å². The number of para-hydroxylation sites is 1. The number of nitrogens with two attached hydrogens (primary N) is 1. The Hall–Kier alpha value is -2.00. The fourth-order valence-electron chi connectivity index (χ4n) is 2.54. The summed E-state index contributed by atoms with van der Waals surface area (Å²) in [5.41, 5.74) is 10.6. The SMILES string of the molecule is CCc1nc2cc(N)ccc2n1-c1c(C)cccc1Cl. The zero-order valence-electron chi connectivity index (χ0n) is 11.5. The molecular weight excluding hydrogens is 270 g/mol. The Morgan fingerprint density at radius 2 is 2.05 bits per heavy atom. The molecule has 0 aliphatic heterocycles. The van der Waals surface area contributed by atoms with Crippen LogP contribution in [0.3, 0.4) is 0 Å². The van der Waals surface area contributed by atoms with Gasteiger partial charge in [-0.2, -0.15) is 0 Å². The molecule has 0 atom stereocenters. The minimum atomic E-state index is 0.723. The van der Waals surface area contributed by atoms with E-state index in [9.17, 15) is 0 Å². The van der Waals surface area contributed by atoms with Crippen LogP contribution in [0.25, 0.3) is 16.7 Å². The molecular formula is C16H16ClN3. The maximum Gasteiger partial charge on any atom is 0.114 e. The van der Waals surface area contributed by atoms with Crippen LogP contribution < -0.4 is 5.73 Å². The number of anilines is 1. The van der Waals surface area contributed by atoms with Gasteiger partial charge in [0.25, 0.3) is 0 Å². The first-order valence-electron chi connectivity index (χ1n) is 6.64. The molecule has 1 heterocycles. The third-order valence-electron chi connectivity index (χ3n) is 3.48. The number of imidazole rings is 1. The van der Waals surface area contributed by atoms with Crippen LogP contribution in [0.15, 0.2) is 36.4 Å². The van der Waals surface area contributed by atoms with E-state index in [0.717, 1.165) is 45.2 Å². The van der Waals surface area contributed by atoms with Crippen LogP contribution in [-0.4, -0.2) is 9.55 Å². The third-order valence-corrected chi connectivity index (χ3v) is 3.78. The molecule has 0 spiro atoms. The number of rotatable bonds is 2. The first kappa shape index (κ1) is 13.0. The molecule has 0 saturated carbocycles. The Kier molecular flexibility index (Phi) is 3.14. The zero-order valence-corrected chi connectivity index (χ0v) is 12.3. The Labute approximate surface area is 123 Å². The predicted octanol–water partition coefficient (Wildman–Crippen LogP) is 4.13. The molecule has 0 amide bonds. The molecule has 2 aromatic carbocycles. The van der Waals surface area contributed by atoms with Gasteiger partial charge in [-0.1, -0.05) is 30.7 Å². The van der Waals surface area contributed by atoms with Gasteiger partial charge in [0.1, 0.15) is 5.82 Å². The second-order valence-corrected chi connectivity index (χ2v) is 5.28. The van der Waals surface area contributed by atoms with E-state index in [1.807, 2.05) is 30.3 Å². The van der Waals surface area contributed by atoms with Crippen LogP contribution in [-0.2, 0) is 6.42 Å². The van der Waals surface area contributed by atoms with E-state index in [2.05, 4.69) is 29.5 Å². The second-order valence-electron chi connectivity index (χ2n) is 4.87. The summed E-state index contributed by atoms with van der Waals surface area (Å²) < 4.78 is 2.13. The highest BCUT2D eigenvalue weighted by Crippen LogP contribution is 2.30. The summed E-state index contributed by atoms with van der Waals surface area (Å²) in [6.45, 7) is 4.15. The van der Waals surface area contributed by atoms with Crippen molar-refractivity contribution in [3.8, 4) is 5.69 Å². The topological polar surface area (TPSA) is 43.8 Å². The molecule has 0 bridgehead atoms. The molecule has 3 nitrogen and oxygen atoms in total. The molecule has 20 heavy (non-hydrogen) atoms. The maximum atomic E-state index is 6.41. The van der Waals surface area contributed by atoms with Crippen LogP contribution in [0.4, 0.5) is 5.69 Å². The van der Waals surface area contributed by atoms with Gasteiger partial charge in [-0.25, -0.2) is 4.98 Å². The number of fused-ring (bicyclic) bond motifs is 1. The summed E-state index contributed by atoms with van der Waals surface area (Å²) in [4.78, 5) is 4.67. The van der Waals surface area contributed by atoms with Crippen LogP contribution in [0.2, 0.25) is 5.02 Å². The highest BCUT2D eigenvalue weighted by molar-refractivity contribution is 6.32. The molecule has 102 valence electrons. The van der Waals surface area contributed by atoms with Gasteiger partial charge in [-0.3, -0.25) is 4.57 Å². The van der Waals surface area contributed by atoms with Crippen molar-refractivity contribution in [3.63, 3.8) is 0 Å².